The van der Waals surface area contributed by atoms with Gasteiger partial charge in [-0.3, -0.25) is 9.59 Å². The number of carbonyl (C=O) groups is 2. The lowest BCUT2D eigenvalue weighted by atomic mass is 10.1. The Labute approximate surface area is 187 Å². The predicted molar refractivity (Wildman–Crippen MR) is 118 cm³/mol. The van der Waals surface area contributed by atoms with Gasteiger partial charge < -0.3 is 15.1 Å². The van der Waals surface area contributed by atoms with Crippen LogP contribution in [0.15, 0.2) is 52.1 Å². The molecule has 3 aromatic rings. The number of anilines is 1. The molecule has 0 aliphatic heterocycles. The van der Waals surface area contributed by atoms with Gasteiger partial charge in [0.25, 0.3) is 11.1 Å². The minimum Gasteiger partial charge on any atom is -0.411 e. The number of nitrogens with zero attached hydrogens (tertiary/aromatic N) is 2. The Balaban J connectivity index is 1.62. The summed E-state index contributed by atoms with van der Waals surface area (Å²) in [5, 5.41) is 14.7. The fraction of sp³-hybridized carbons (Fsp3) is 0.200. The number of hydrogen-bond donors (Lipinski definition) is 2. The molecule has 0 aliphatic carbocycles. The van der Waals surface area contributed by atoms with Gasteiger partial charge in [0.05, 0.1) is 17.0 Å². The van der Waals surface area contributed by atoms with Gasteiger partial charge in [-0.1, -0.05) is 41.9 Å². The van der Waals surface area contributed by atoms with E-state index in [2.05, 4.69) is 20.8 Å². The zero-order valence-electron chi connectivity index (χ0n) is 15.9. The summed E-state index contributed by atoms with van der Waals surface area (Å²) in [6.45, 7) is 2.50. The Morgan fingerprint density at radius 1 is 1.07 bits per heavy atom. The molecular weight excluding hydrogens is 447 g/mol. The number of hydrogen-bond acceptors (Lipinski definition) is 6. The number of benzene rings is 2. The van der Waals surface area contributed by atoms with Crippen molar-refractivity contribution >= 4 is 52.5 Å². The summed E-state index contributed by atoms with van der Waals surface area (Å²) < 4.78 is 5.57. The van der Waals surface area contributed by atoms with Gasteiger partial charge in [0, 0.05) is 22.2 Å². The van der Waals surface area contributed by atoms with E-state index in [9.17, 15) is 9.59 Å². The molecule has 0 radical (unpaired) electrons. The number of aromatic nitrogens is 2. The first-order valence-electron chi connectivity index (χ1n) is 9.06. The minimum atomic E-state index is -0.335. The van der Waals surface area contributed by atoms with Crippen LogP contribution in [-0.4, -0.2) is 34.3 Å². The van der Waals surface area contributed by atoms with Crippen molar-refractivity contribution in [3.05, 3.63) is 58.1 Å². The summed E-state index contributed by atoms with van der Waals surface area (Å²) in [4.78, 5) is 24.7. The number of rotatable bonds is 8. The lowest BCUT2D eigenvalue weighted by Crippen LogP contribution is -2.26. The summed E-state index contributed by atoms with van der Waals surface area (Å²) in [6, 6.07) is 11.7. The number of amides is 2. The Kier molecular flexibility index (Phi) is 7.73. The van der Waals surface area contributed by atoms with Crippen LogP contribution in [0.25, 0.3) is 11.5 Å². The molecule has 1 aromatic heterocycles. The van der Waals surface area contributed by atoms with Gasteiger partial charge in [0.2, 0.25) is 11.8 Å². The van der Waals surface area contributed by atoms with E-state index in [0.717, 1.165) is 23.7 Å². The monoisotopic (exact) mass is 464 g/mol. The van der Waals surface area contributed by atoms with Crippen LogP contribution in [-0.2, 0) is 4.79 Å². The van der Waals surface area contributed by atoms with Gasteiger partial charge in [0.1, 0.15) is 0 Å². The van der Waals surface area contributed by atoms with Crippen molar-refractivity contribution in [1.29, 1.82) is 0 Å². The Bertz CT molecular complexity index is 1040. The molecule has 7 nitrogen and oxygen atoms in total. The molecule has 0 aliphatic rings. The topological polar surface area (TPSA) is 97.1 Å². The Hall–Kier alpha value is -2.55. The first kappa shape index (κ1) is 22.1. The van der Waals surface area contributed by atoms with Crippen LogP contribution in [0.2, 0.25) is 10.0 Å². The maximum absolute atomic E-state index is 12.4. The summed E-state index contributed by atoms with van der Waals surface area (Å²) in [6.07, 6.45) is 0.805. The van der Waals surface area contributed by atoms with Crippen molar-refractivity contribution in [2.24, 2.45) is 0 Å². The Morgan fingerprint density at radius 2 is 1.80 bits per heavy atom. The largest absolute Gasteiger partial charge is 0.411 e. The smallest absolute Gasteiger partial charge is 0.277 e. The van der Waals surface area contributed by atoms with E-state index in [1.165, 1.54) is 6.07 Å². The van der Waals surface area contributed by atoms with Crippen LogP contribution in [0.1, 0.15) is 23.7 Å². The predicted octanol–water partition coefficient (Wildman–Crippen LogP) is 4.91. The van der Waals surface area contributed by atoms with Gasteiger partial charge in [-0.2, -0.15) is 0 Å². The van der Waals surface area contributed by atoms with Gasteiger partial charge in [-0.05, 0) is 48.9 Å². The maximum Gasteiger partial charge on any atom is 0.277 e. The number of halogens is 2. The number of carbonyl (C=O) groups excluding carboxylic acids is 2. The quantitative estimate of drug-likeness (QED) is 0.459. The summed E-state index contributed by atoms with van der Waals surface area (Å²) in [5.41, 5.74) is 1.41. The van der Waals surface area contributed by atoms with Crippen molar-refractivity contribution in [3.8, 4) is 11.5 Å². The van der Waals surface area contributed by atoms with Crippen molar-refractivity contribution in [2.45, 2.75) is 18.6 Å². The molecule has 0 atom stereocenters. The van der Waals surface area contributed by atoms with E-state index in [4.69, 9.17) is 27.6 Å². The molecule has 0 bridgehead atoms. The molecule has 156 valence electrons. The highest BCUT2D eigenvalue weighted by atomic mass is 35.5. The van der Waals surface area contributed by atoms with E-state index in [1.54, 1.807) is 36.4 Å². The van der Waals surface area contributed by atoms with E-state index in [-0.39, 0.29) is 22.8 Å². The SMILES string of the molecule is CCCNC(=O)c1ccc(Cl)cc1NC(=O)CSc1nnc(-c2ccc(Cl)cc2)o1. The van der Waals surface area contributed by atoms with Crippen LogP contribution in [0.3, 0.4) is 0 Å². The van der Waals surface area contributed by atoms with Gasteiger partial charge in [-0.25, -0.2) is 0 Å². The molecule has 0 saturated heterocycles. The molecule has 0 fully saturated rings. The summed E-state index contributed by atoms with van der Waals surface area (Å²) in [7, 11) is 0. The van der Waals surface area contributed by atoms with E-state index in [1.807, 2.05) is 6.92 Å². The second-order valence-corrected chi connectivity index (χ2v) is 7.96. The molecule has 0 saturated carbocycles. The third kappa shape index (κ3) is 5.98. The van der Waals surface area contributed by atoms with Crippen LogP contribution in [0, 0.1) is 0 Å². The lowest BCUT2D eigenvalue weighted by molar-refractivity contribution is -0.113. The van der Waals surface area contributed by atoms with Crippen molar-refractivity contribution in [1.82, 2.24) is 15.5 Å². The van der Waals surface area contributed by atoms with E-state index >= 15 is 0 Å². The second-order valence-electron chi connectivity index (χ2n) is 6.16. The van der Waals surface area contributed by atoms with Crippen molar-refractivity contribution < 1.29 is 14.0 Å². The molecular formula is C20H18Cl2N4O3S. The maximum atomic E-state index is 12.4. The zero-order chi connectivity index (χ0) is 21.5. The number of thioether (sulfide) groups is 1. The minimum absolute atomic E-state index is 0.0186. The highest BCUT2D eigenvalue weighted by Gasteiger charge is 2.16. The summed E-state index contributed by atoms with van der Waals surface area (Å²) >= 11 is 13.0. The van der Waals surface area contributed by atoms with Crippen LogP contribution in [0.4, 0.5) is 5.69 Å². The van der Waals surface area contributed by atoms with E-state index in [0.29, 0.717) is 33.7 Å². The molecule has 2 amide bonds. The molecule has 10 heteroatoms. The normalized spacial score (nSPS) is 10.6. The van der Waals surface area contributed by atoms with Crippen LogP contribution >= 0.6 is 35.0 Å². The molecule has 3 rings (SSSR count). The second kappa shape index (κ2) is 10.5. The molecule has 2 N–H and O–H groups in total. The average molecular weight is 465 g/mol. The first-order chi connectivity index (χ1) is 14.5. The first-order valence-corrected chi connectivity index (χ1v) is 10.8. The van der Waals surface area contributed by atoms with Gasteiger partial charge in [0.15, 0.2) is 0 Å². The molecule has 2 aromatic carbocycles. The third-order valence-corrected chi connectivity index (χ3v) is 5.17. The fourth-order valence-electron chi connectivity index (χ4n) is 2.44. The van der Waals surface area contributed by atoms with E-state index < -0.39 is 0 Å². The number of nitrogens with one attached hydrogen (secondary N) is 2. The molecule has 0 spiro atoms. The van der Waals surface area contributed by atoms with Crippen LogP contribution < -0.4 is 10.6 Å². The molecule has 1 heterocycles. The molecule has 0 unspecified atom stereocenters. The molecule has 30 heavy (non-hydrogen) atoms. The third-order valence-electron chi connectivity index (χ3n) is 3.86. The standard InChI is InChI=1S/C20H18Cl2N4O3S/c1-2-9-23-18(28)15-8-7-14(22)10-16(15)24-17(27)11-30-20-26-25-19(29-20)12-3-5-13(21)6-4-12/h3-8,10H,2,9,11H2,1H3,(H,23,28)(H,24,27). The van der Waals surface area contributed by atoms with Gasteiger partial charge >= 0.3 is 0 Å². The van der Waals surface area contributed by atoms with Gasteiger partial charge in [-0.15, -0.1) is 10.2 Å². The van der Waals surface area contributed by atoms with Crippen molar-refractivity contribution in [3.63, 3.8) is 0 Å². The Morgan fingerprint density at radius 3 is 2.53 bits per heavy atom. The lowest BCUT2D eigenvalue weighted by Gasteiger charge is -2.11. The fourth-order valence-corrected chi connectivity index (χ4v) is 3.30. The summed E-state index contributed by atoms with van der Waals surface area (Å²) in [5.74, 6) is -0.261. The van der Waals surface area contributed by atoms with Crippen molar-refractivity contribution in [2.75, 3.05) is 17.6 Å². The highest BCUT2D eigenvalue weighted by molar-refractivity contribution is 7.99. The highest BCUT2D eigenvalue weighted by Crippen LogP contribution is 2.25. The average Bonchev–Trinajstić information content (AvgIpc) is 3.20. The zero-order valence-corrected chi connectivity index (χ0v) is 18.3. The van der Waals surface area contributed by atoms with Crippen LogP contribution in [0.5, 0.6) is 0 Å².